The minimum Gasteiger partial charge on any atom is -0.380 e. The van der Waals surface area contributed by atoms with Crippen LogP contribution in [0.25, 0.3) is 11.3 Å². The van der Waals surface area contributed by atoms with Crippen LogP contribution in [0, 0.1) is 0 Å². The largest absolute Gasteiger partial charge is 0.380 e. The number of halogens is 3. The predicted molar refractivity (Wildman–Crippen MR) is 64.1 cm³/mol. The minimum atomic E-state index is 0.178. The molecule has 0 radical (unpaired) electrons. The van der Waals surface area contributed by atoms with Crippen LogP contribution in [0.4, 0.5) is 5.82 Å². The van der Waals surface area contributed by atoms with E-state index in [1.165, 1.54) is 0 Å². The highest BCUT2D eigenvalue weighted by Crippen LogP contribution is 2.35. The van der Waals surface area contributed by atoms with Gasteiger partial charge >= 0.3 is 0 Å². The van der Waals surface area contributed by atoms with Gasteiger partial charge in [-0.15, -0.1) is 0 Å². The van der Waals surface area contributed by atoms with Crippen LogP contribution >= 0.6 is 39.1 Å². The van der Waals surface area contributed by atoms with Crippen LogP contribution in [0.15, 0.2) is 27.2 Å². The van der Waals surface area contributed by atoms with E-state index in [1.807, 2.05) is 0 Å². The summed E-state index contributed by atoms with van der Waals surface area (Å²) in [7, 11) is 0. The summed E-state index contributed by atoms with van der Waals surface area (Å²) < 4.78 is 5.76. The number of aromatic nitrogens is 1. The number of nitrogens with two attached hydrogens (primary N) is 1. The van der Waals surface area contributed by atoms with Gasteiger partial charge in [0.1, 0.15) is 5.02 Å². The molecule has 15 heavy (non-hydrogen) atoms. The number of hydrogen-bond acceptors (Lipinski definition) is 3. The summed E-state index contributed by atoms with van der Waals surface area (Å²) in [4.78, 5) is 0. The van der Waals surface area contributed by atoms with Crippen LogP contribution < -0.4 is 5.73 Å². The molecule has 2 aromatic rings. The fourth-order valence-corrected chi connectivity index (χ4v) is 1.78. The predicted octanol–water partition coefficient (Wildman–Crippen LogP) is 3.99. The first-order valence-electron chi connectivity index (χ1n) is 3.95. The van der Waals surface area contributed by atoms with Gasteiger partial charge in [-0.05, 0) is 34.1 Å². The number of nitrogens with zero attached hydrogens (tertiary/aromatic N) is 1. The molecule has 0 aliphatic heterocycles. The van der Waals surface area contributed by atoms with Gasteiger partial charge in [0.15, 0.2) is 11.6 Å². The molecule has 0 atom stereocenters. The molecule has 0 unspecified atom stereocenters. The molecule has 0 bridgehead atoms. The number of benzene rings is 1. The summed E-state index contributed by atoms with van der Waals surface area (Å²) in [5.74, 6) is 0.615. The van der Waals surface area contributed by atoms with E-state index < -0.39 is 0 Å². The van der Waals surface area contributed by atoms with E-state index in [1.54, 1.807) is 18.2 Å². The van der Waals surface area contributed by atoms with Crippen molar-refractivity contribution < 1.29 is 4.52 Å². The lowest BCUT2D eigenvalue weighted by Crippen LogP contribution is -1.83. The zero-order valence-corrected chi connectivity index (χ0v) is 10.4. The number of nitrogen functional groups attached to an aromatic ring is 1. The van der Waals surface area contributed by atoms with Crippen molar-refractivity contribution in [3.8, 4) is 11.3 Å². The maximum absolute atomic E-state index is 5.91. The fourth-order valence-electron chi connectivity index (χ4n) is 1.11. The Morgan fingerprint density at radius 1 is 1.33 bits per heavy atom. The smallest absolute Gasteiger partial charge is 0.187 e. The van der Waals surface area contributed by atoms with Gasteiger partial charge in [-0.25, -0.2) is 0 Å². The summed E-state index contributed by atoms with van der Waals surface area (Å²) >= 11 is 15.1. The van der Waals surface area contributed by atoms with Crippen molar-refractivity contribution in [3.63, 3.8) is 0 Å². The first-order valence-corrected chi connectivity index (χ1v) is 5.50. The summed E-state index contributed by atoms with van der Waals surface area (Å²) in [6, 6.07) is 5.29. The molecule has 6 heteroatoms. The topological polar surface area (TPSA) is 52.0 Å². The molecule has 0 fully saturated rings. The Balaban J connectivity index is 2.55. The maximum Gasteiger partial charge on any atom is 0.187 e. The Bertz CT molecular complexity index is 513. The standard InChI is InChI=1S/C9H5BrCl2N2O/c10-5-3-4(1-2-6(5)11)8-7(12)9(13)14-15-8/h1-3H,(H2,13,14). The monoisotopic (exact) mass is 306 g/mol. The van der Waals surface area contributed by atoms with Crippen molar-refractivity contribution in [2.75, 3.05) is 5.73 Å². The molecule has 0 aliphatic rings. The van der Waals surface area contributed by atoms with Gasteiger partial charge in [-0.1, -0.05) is 28.4 Å². The molecule has 3 nitrogen and oxygen atoms in total. The van der Waals surface area contributed by atoms with Gasteiger partial charge in [0.25, 0.3) is 0 Å². The van der Waals surface area contributed by atoms with E-state index in [2.05, 4.69) is 21.1 Å². The summed E-state index contributed by atoms with van der Waals surface area (Å²) in [5, 5.41) is 4.49. The van der Waals surface area contributed by atoms with E-state index in [0.29, 0.717) is 15.8 Å². The van der Waals surface area contributed by atoms with Gasteiger partial charge in [0, 0.05) is 10.0 Å². The average molecular weight is 308 g/mol. The maximum atomic E-state index is 5.91. The molecule has 0 amide bonds. The number of rotatable bonds is 1. The number of anilines is 1. The van der Waals surface area contributed by atoms with Crippen molar-refractivity contribution in [2.45, 2.75) is 0 Å². The van der Waals surface area contributed by atoms with Crippen molar-refractivity contribution >= 4 is 44.9 Å². The van der Waals surface area contributed by atoms with Crippen LogP contribution in [0.1, 0.15) is 0 Å². The Labute approximate surface area is 104 Å². The zero-order chi connectivity index (χ0) is 11.0. The Kier molecular flexibility index (Phi) is 2.91. The van der Waals surface area contributed by atoms with Crippen molar-refractivity contribution in [2.24, 2.45) is 0 Å². The van der Waals surface area contributed by atoms with E-state index >= 15 is 0 Å². The van der Waals surface area contributed by atoms with Crippen molar-refractivity contribution in [3.05, 3.63) is 32.7 Å². The summed E-state index contributed by atoms with van der Waals surface area (Å²) in [5.41, 5.74) is 6.24. The van der Waals surface area contributed by atoms with Gasteiger partial charge in [-0.3, -0.25) is 0 Å². The van der Waals surface area contributed by atoms with Crippen molar-refractivity contribution in [1.29, 1.82) is 0 Å². The van der Waals surface area contributed by atoms with E-state index in [9.17, 15) is 0 Å². The summed E-state index contributed by atoms with van der Waals surface area (Å²) in [6.45, 7) is 0. The average Bonchev–Trinajstić information content (AvgIpc) is 2.53. The van der Waals surface area contributed by atoms with Crippen molar-refractivity contribution in [1.82, 2.24) is 5.16 Å². The molecule has 0 spiro atoms. The fraction of sp³-hybridized carbons (Fsp3) is 0. The molecule has 0 saturated heterocycles. The van der Waals surface area contributed by atoms with Gasteiger partial charge in [0.2, 0.25) is 0 Å². The third-order valence-corrected chi connectivity index (χ3v) is 3.42. The van der Waals surface area contributed by atoms with E-state index in [-0.39, 0.29) is 5.82 Å². The lowest BCUT2D eigenvalue weighted by molar-refractivity contribution is 0.436. The number of hydrogen-bond donors (Lipinski definition) is 1. The molecule has 2 N–H and O–H groups in total. The van der Waals surface area contributed by atoms with Crippen LogP contribution in [-0.4, -0.2) is 5.16 Å². The van der Waals surface area contributed by atoms with Crippen LogP contribution in [0.2, 0.25) is 10.0 Å². The minimum absolute atomic E-state index is 0.178. The second-order valence-electron chi connectivity index (χ2n) is 2.84. The molecular formula is C9H5BrCl2N2O. The molecule has 2 rings (SSSR count). The van der Waals surface area contributed by atoms with Crippen LogP contribution in [-0.2, 0) is 0 Å². The quantitative estimate of drug-likeness (QED) is 0.866. The summed E-state index contributed by atoms with van der Waals surface area (Å²) in [6.07, 6.45) is 0. The van der Waals surface area contributed by atoms with E-state index in [4.69, 9.17) is 33.5 Å². The van der Waals surface area contributed by atoms with Gasteiger partial charge < -0.3 is 10.3 Å². The normalized spacial score (nSPS) is 10.6. The highest BCUT2D eigenvalue weighted by molar-refractivity contribution is 9.10. The first kappa shape index (κ1) is 10.8. The highest BCUT2D eigenvalue weighted by Gasteiger charge is 2.14. The van der Waals surface area contributed by atoms with Gasteiger partial charge in [-0.2, -0.15) is 0 Å². The second kappa shape index (κ2) is 4.04. The molecule has 1 aromatic carbocycles. The van der Waals surface area contributed by atoms with Crippen LogP contribution in [0.5, 0.6) is 0 Å². The molecule has 0 aliphatic carbocycles. The Hall–Kier alpha value is -0.710. The van der Waals surface area contributed by atoms with E-state index in [0.717, 1.165) is 10.0 Å². The molecule has 1 heterocycles. The lowest BCUT2D eigenvalue weighted by atomic mass is 10.2. The molecule has 78 valence electrons. The molecular weight excluding hydrogens is 303 g/mol. The Morgan fingerprint density at radius 3 is 2.60 bits per heavy atom. The highest BCUT2D eigenvalue weighted by atomic mass is 79.9. The second-order valence-corrected chi connectivity index (χ2v) is 4.48. The SMILES string of the molecule is Nc1noc(-c2ccc(Cl)c(Br)c2)c1Cl. The lowest BCUT2D eigenvalue weighted by Gasteiger charge is -1.99. The van der Waals surface area contributed by atoms with Crippen LogP contribution in [0.3, 0.4) is 0 Å². The zero-order valence-electron chi connectivity index (χ0n) is 7.30. The Morgan fingerprint density at radius 2 is 2.07 bits per heavy atom. The van der Waals surface area contributed by atoms with Gasteiger partial charge in [0.05, 0.1) is 5.02 Å². The third-order valence-electron chi connectivity index (χ3n) is 1.84. The first-order chi connectivity index (χ1) is 7.09. The third kappa shape index (κ3) is 1.97. The molecule has 1 aromatic heterocycles. The molecule has 0 saturated carbocycles.